The lowest BCUT2D eigenvalue weighted by Gasteiger charge is -2.09. The molecule has 0 radical (unpaired) electrons. The fourth-order valence-electron chi connectivity index (χ4n) is 2.12. The molecule has 2 N–H and O–H groups in total. The van der Waals surface area contributed by atoms with E-state index in [4.69, 9.17) is 11.6 Å². The number of halogens is 4. The normalized spacial score (nSPS) is 10.5. The number of nitrogens with one attached hydrogen (secondary N) is 2. The molecule has 1 amide bonds. The van der Waals surface area contributed by atoms with E-state index in [1.54, 1.807) is 0 Å². The van der Waals surface area contributed by atoms with Crippen LogP contribution in [-0.2, 0) is 0 Å². The van der Waals surface area contributed by atoms with Gasteiger partial charge in [-0.25, -0.2) is 18.2 Å². The molecule has 1 heterocycles. The molecular formula is C18H11ClF3N3O. The monoisotopic (exact) mass is 377 g/mol. The average Bonchev–Trinajstić information content (AvgIpc) is 2.62. The minimum atomic E-state index is -0.762. The lowest BCUT2D eigenvalue weighted by molar-refractivity contribution is 0.102. The molecule has 8 heteroatoms. The minimum absolute atomic E-state index is 0.118. The quantitative estimate of drug-likeness (QED) is 0.661. The van der Waals surface area contributed by atoms with Gasteiger partial charge in [0.05, 0.1) is 10.6 Å². The molecule has 3 aromatic rings. The van der Waals surface area contributed by atoms with Crippen molar-refractivity contribution in [1.82, 2.24) is 4.98 Å². The number of benzene rings is 2. The van der Waals surface area contributed by atoms with Crippen LogP contribution < -0.4 is 10.6 Å². The third-order valence-electron chi connectivity index (χ3n) is 3.42. The molecule has 0 unspecified atom stereocenters. The predicted octanol–water partition coefficient (Wildman–Crippen LogP) is 5.15. The number of aromatic nitrogens is 1. The van der Waals surface area contributed by atoms with Crippen molar-refractivity contribution in [2.24, 2.45) is 0 Å². The summed E-state index contributed by atoms with van der Waals surface area (Å²) >= 11 is 5.66. The second-order valence-electron chi connectivity index (χ2n) is 5.24. The maximum Gasteiger partial charge on any atom is 0.257 e. The maximum atomic E-state index is 13.6. The van der Waals surface area contributed by atoms with Crippen molar-refractivity contribution in [3.63, 3.8) is 0 Å². The van der Waals surface area contributed by atoms with E-state index in [1.807, 2.05) is 0 Å². The Morgan fingerprint density at radius 3 is 2.31 bits per heavy atom. The lowest BCUT2D eigenvalue weighted by atomic mass is 10.2. The zero-order valence-corrected chi connectivity index (χ0v) is 13.8. The van der Waals surface area contributed by atoms with Crippen molar-refractivity contribution in [1.29, 1.82) is 0 Å². The molecule has 0 aliphatic heterocycles. The van der Waals surface area contributed by atoms with Crippen molar-refractivity contribution in [3.05, 3.63) is 82.8 Å². The van der Waals surface area contributed by atoms with Crippen molar-refractivity contribution < 1.29 is 18.0 Å². The van der Waals surface area contributed by atoms with Crippen LogP contribution in [0.3, 0.4) is 0 Å². The Morgan fingerprint density at radius 1 is 0.962 bits per heavy atom. The van der Waals surface area contributed by atoms with Gasteiger partial charge >= 0.3 is 0 Å². The summed E-state index contributed by atoms with van der Waals surface area (Å²) in [6.07, 6.45) is 1.24. The van der Waals surface area contributed by atoms with E-state index < -0.39 is 23.4 Å². The van der Waals surface area contributed by atoms with E-state index in [0.717, 1.165) is 18.2 Å². The van der Waals surface area contributed by atoms with Gasteiger partial charge in [0.1, 0.15) is 29.0 Å². The molecule has 0 aliphatic rings. The smallest absolute Gasteiger partial charge is 0.257 e. The van der Waals surface area contributed by atoms with Crippen LogP contribution in [0, 0.1) is 17.5 Å². The highest BCUT2D eigenvalue weighted by Crippen LogP contribution is 2.23. The maximum absolute atomic E-state index is 13.6. The first kappa shape index (κ1) is 17.8. The molecule has 1 aromatic heterocycles. The van der Waals surface area contributed by atoms with E-state index in [-0.39, 0.29) is 22.1 Å². The number of amides is 1. The minimum Gasteiger partial charge on any atom is -0.335 e. The summed E-state index contributed by atoms with van der Waals surface area (Å²) in [5, 5.41) is 4.94. The summed E-state index contributed by atoms with van der Waals surface area (Å²) in [5.74, 6) is -2.45. The Hall–Kier alpha value is -3.06. The zero-order chi connectivity index (χ0) is 18.7. The number of carbonyl (C=O) groups is 1. The Labute approximate surface area is 151 Å². The first-order chi connectivity index (χ1) is 12.4. The summed E-state index contributed by atoms with van der Waals surface area (Å²) in [5.41, 5.74) is 0.181. The topological polar surface area (TPSA) is 54.0 Å². The van der Waals surface area contributed by atoms with Gasteiger partial charge in [0.15, 0.2) is 0 Å². The van der Waals surface area contributed by atoms with Crippen molar-refractivity contribution >= 4 is 34.7 Å². The van der Waals surface area contributed by atoms with Crippen molar-refractivity contribution in [3.8, 4) is 0 Å². The van der Waals surface area contributed by atoms with Gasteiger partial charge in [0.25, 0.3) is 5.91 Å². The Kier molecular flexibility index (Phi) is 5.09. The number of nitrogens with zero attached hydrogens (tertiary/aromatic N) is 1. The fraction of sp³-hybridized carbons (Fsp3) is 0. The molecule has 0 aliphatic carbocycles. The molecule has 26 heavy (non-hydrogen) atoms. The van der Waals surface area contributed by atoms with Gasteiger partial charge in [-0.3, -0.25) is 4.79 Å². The molecule has 132 valence electrons. The van der Waals surface area contributed by atoms with Crippen LogP contribution in [0.15, 0.2) is 54.7 Å². The Bertz CT molecular complexity index is 944. The van der Waals surface area contributed by atoms with Crippen LogP contribution in [0.25, 0.3) is 0 Å². The van der Waals surface area contributed by atoms with Gasteiger partial charge in [-0.1, -0.05) is 17.7 Å². The van der Waals surface area contributed by atoms with E-state index in [1.165, 1.54) is 36.5 Å². The van der Waals surface area contributed by atoms with Gasteiger partial charge in [-0.05, 0) is 42.5 Å². The Morgan fingerprint density at radius 2 is 1.69 bits per heavy atom. The second-order valence-corrected chi connectivity index (χ2v) is 5.64. The largest absolute Gasteiger partial charge is 0.335 e. The first-order valence-electron chi connectivity index (χ1n) is 7.37. The number of carbonyl (C=O) groups excluding carboxylic acids is 1. The fourth-order valence-corrected chi connectivity index (χ4v) is 2.31. The van der Waals surface area contributed by atoms with Crippen LogP contribution in [0.5, 0.6) is 0 Å². The van der Waals surface area contributed by atoms with Gasteiger partial charge in [0, 0.05) is 11.9 Å². The third kappa shape index (κ3) is 3.94. The molecule has 3 rings (SSSR count). The average molecular weight is 378 g/mol. The van der Waals surface area contributed by atoms with Crippen LogP contribution >= 0.6 is 11.6 Å². The van der Waals surface area contributed by atoms with E-state index in [9.17, 15) is 18.0 Å². The van der Waals surface area contributed by atoms with Crippen LogP contribution in [0.4, 0.5) is 30.4 Å². The van der Waals surface area contributed by atoms with Gasteiger partial charge in [0.2, 0.25) is 0 Å². The summed E-state index contributed by atoms with van der Waals surface area (Å²) in [6.45, 7) is 0. The lowest BCUT2D eigenvalue weighted by Crippen LogP contribution is -2.12. The van der Waals surface area contributed by atoms with Gasteiger partial charge in [-0.2, -0.15) is 0 Å². The van der Waals surface area contributed by atoms with E-state index >= 15 is 0 Å². The number of hydrogen-bond donors (Lipinski definition) is 2. The van der Waals surface area contributed by atoms with Crippen LogP contribution in [-0.4, -0.2) is 10.9 Å². The Balaban J connectivity index is 1.72. The molecule has 0 saturated heterocycles. The number of pyridine rings is 1. The standard InChI is InChI=1S/C18H11ClF3N3O/c19-12-8-11(5-6-13(12)20)24-18(26)10-4-7-16(23-9-10)25-17-14(21)2-1-3-15(17)22/h1-9H,(H,23,25)(H,24,26). The summed E-state index contributed by atoms with van der Waals surface area (Å²) < 4.78 is 40.4. The van der Waals surface area contributed by atoms with Crippen molar-refractivity contribution in [2.45, 2.75) is 0 Å². The van der Waals surface area contributed by atoms with Gasteiger partial charge in [-0.15, -0.1) is 0 Å². The molecule has 0 fully saturated rings. The number of anilines is 3. The summed E-state index contributed by atoms with van der Waals surface area (Å²) in [7, 11) is 0. The van der Waals surface area contributed by atoms with E-state index in [2.05, 4.69) is 15.6 Å². The van der Waals surface area contributed by atoms with Gasteiger partial charge < -0.3 is 10.6 Å². The van der Waals surface area contributed by atoms with Crippen LogP contribution in [0.2, 0.25) is 5.02 Å². The number of para-hydroxylation sites is 1. The van der Waals surface area contributed by atoms with E-state index in [0.29, 0.717) is 5.69 Å². The third-order valence-corrected chi connectivity index (χ3v) is 3.71. The molecule has 2 aromatic carbocycles. The highest BCUT2D eigenvalue weighted by Gasteiger charge is 2.11. The molecular weight excluding hydrogens is 367 g/mol. The van der Waals surface area contributed by atoms with Crippen LogP contribution in [0.1, 0.15) is 10.4 Å². The highest BCUT2D eigenvalue weighted by atomic mass is 35.5. The van der Waals surface area contributed by atoms with Crippen molar-refractivity contribution in [2.75, 3.05) is 10.6 Å². The highest BCUT2D eigenvalue weighted by molar-refractivity contribution is 6.31. The molecule has 0 atom stereocenters. The SMILES string of the molecule is O=C(Nc1ccc(F)c(Cl)c1)c1ccc(Nc2c(F)cccc2F)nc1. The number of rotatable bonds is 4. The zero-order valence-electron chi connectivity index (χ0n) is 13.1. The molecule has 0 bridgehead atoms. The number of hydrogen-bond acceptors (Lipinski definition) is 3. The summed E-state index contributed by atoms with van der Waals surface area (Å²) in [6, 6.07) is 10.1. The first-order valence-corrected chi connectivity index (χ1v) is 7.75. The predicted molar refractivity (Wildman–Crippen MR) is 93.2 cm³/mol. The molecule has 4 nitrogen and oxygen atoms in total. The molecule has 0 saturated carbocycles. The molecule has 0 spiro atoms. The summed E-state index contributed by atoms with van der Waals surface area (Å²) in [4.78, 5) is 16.1. The second kappa shape index (κ2) is 7.45.